The molecular weight excluding hydrogens is 296 g/mol. The molecule has 0 unspecified atom stereocenters. The number of benzene rings is 1. The van der Waals surface area contributed by atoms with Crippen LogP contribution in [0.4, 0.5) is 10.5 Å². The molecule has 1 aliphatic rings. The minimum atomic E-state index is -0.490. The number of nitrogens with two attached hydrogens (primary N) is 1. The molecule has 1 aromatic rings. The minimum Gasteiger partial charge on any atom is -0.444 e. The summed E-state index contributed by atoms with van der Waals surface area (Å²) in [5.74, 6) is 0.477. The van der Waals surface area contributed by atoms with Crippen LogP contribution >= 0.6 is 12.6 Å². The number of hydrogen-bond acceptors (Lipinski definition) is 4. The number of likely N-dealkylation sites (tertiary alicyclic amines) is 1. The van der Waals surface area contributed by atoms with E-state index in [9.17, 15) is 4.79 Å². The van der Waals surface area contributed by atoms with Crippen molar-refractivity contribution in [1.29, 1.82) is 0 Å². The fourth-order valence-corrected chi connectivity index (χ4v) is 2.94. The molecule has 0 aromatic heterocycles. The van der Waals surface area contributed by atoms with E-state index in [1.807, 2.05) is 43.9 Å². The molecule has 1 fully saturated rings. The number of amides is 1. The van der Waals surface area contributed by atoms with Crippen LogP contribution in [-0.4, -0.2) is 23.1 Å². The van der Waals surface area contributed by atoms with Crippen molar-refractivity contribution in [3.8, 4) is 0 Å². The summed E-state index contributed by atoms with van der Waals surface area (Å²) >= 11 is 4.31. The SMILES string of the molecule is C[C@H]1CC[C@H](c2ccc(S)c(N)c2)N(C(=O)OC(C)(C)C)C1. The number of rotatable bonds is 1. The first kappa shape index (κ1) is 17.0. The lowest BCUT2D eigenvalue weighted by Crippen LogP contribution is -2.44. The van der Waals surface area contributed by atoms with Crippen LogP contribution in [0.2, 0.25) is 0 Å². The third kappa shape index (κ3) is 4.09. The highest BCUT2D eigenvalue weighted by atomic mass is 32.1. The zero-order valence-corrected chi connectivity index (χ0v) is 14.7. The quantitative estimate of drug-likeness (QED) is 0.600. The molecule has 1 heterocycles. The maximum absolute atomic E-state index is 12.6. The summed E-state index contributed by atoms with van der Waals surface area (Å²) in [6, 6.07) is 5.82. The van der Waals surface area contributed by atoms with Crippen LogP contribution in [-0.2, 0) is 4.74 Å². The summed E-state index contributed by atoms with van der Waals surface area (Å²) in [6.07, 6.45) is 1.76. The Hall–Kier alpha value is -1.36. The van der Waals surface area contributed by atoms with E-state index in [1.54, 1.807) is 0 Å². The van der Waals surface area contributed by atoms with Crippen molar-refractivity contribution in [1.82, 2.24) is 4.90 Å². The summed E-state index contributed by atoms with van der Waals surface area (Å²) in [6.45, 7) is 8.55. The Bertz CT molecular complexity index is 554. The van der Waals surface area contributed by atoms with Gasteiger partial charge in [-0.05, 0) is 57.2 Å². The molecule has 1 aliphatic heterocycles. The van der Waals surface area contributed by atoms with Gasteiger partial charge in [0, 0.05) is 17.1 Å². The highest BCUT2D eigenvalue weighted by molar-refractivity contribution is 7.80. The lowest BCUT2D eigenvalue weighted by Gasteiger charge is -2.39. The zero-order valence-electron chi connectivity index (χ0n) is 13.8. The van der Waals surface area contributed by atoms with Gasteiger partial charge < -0.3 is 15.4 Å². The minimum absolute atomic E-state index is 0.0160. The van der Waals surface area contributed by atoms with E-state index in [4.69, 9.17) is 10.5 Å². The number of carbonyl (C=O) groups excluding carboxylic acids is 1. The normalized spacial score (nSPS) is 22.5. The number of anilines is 1. The van der Waals surface area contributed by atoms with Gasteiger partial charge in [0.2, 0.25) is 0 Å². The largest absolute Gasteiger partial charge is 0.444 e. The molecule has 2 atom stereocenters. The Kier molecular flexibility index (Phi) is 4.95. The topological polar surface area (TPSA) is 55.6 Å². The Morgan fingerprint density at radius 2 is 2.05 bits per heavy atom. The van der Waals surface area contributed by atoms with Gasteiger partial charge in [-0.2, -0.15) is 0 Å². The van der Waals surface area contributed by atoms with E-state index >= 15 is 0 Å². The van der Waals surface area contributed by atoms with Crippen LogP contribution in [0.1, 0.15) is 52.1 Å². The van der Waals surface area contributed by atoms with E-state index in [2.05, 4.69) is 19.6 Å². The number of hydrogen-bond donors (Lipinski definition) is 2. The van der Waals surface area contributed by atoms with E-state index in [1.165, 1.54) is 0 Å². The predicted molar refractivity (Wildman–Crippen MR) is 92.2 cm³/mol. The van der Waals surface area contributed by atoms with Crippen molar-refractivity contribution in [2.45, 2.75) is 57.1 Å². The lowest BCUT2D eigenvalue weighted by molar-refractivity contribution is 0.00364. The molecule has 4 nitrogen and oxygen atoms in total. The van der Waals surface area contributed by atoms with Gasteiger partial charge in [-0.3, -0.25) is 0 Å². The first-order valence-electron chi connectivity index (χ1n) is 7.75. The van der Waals surface area contributed by atoms with Crippen LogP contribution in [0.5, 0.6) is 0 Å². The number of piperidine rings is 1. The summed E-state index contributed by atoms with van der Waals surface area (Å²) < 4.78 is 5.57. The van der Waals surface area contributed by atoms with Crippen molar-refractivity contribution in [3.05, 3.63) is 23.8 Å². The molecular formula is C17H26N2O2S. The predicted octanol–water partition coefficient (Wildman–Crippen LogP) is 4.27. The second kappa shape index (κ2) is 6.41. The van der Waals surface area contributed by atoms with Crippen molar-refractivity contribution >= 4 is 24.4 Å². The highest BCUT2D eigenvalue weighted by Gasteiger charge is 2.33. The monoisotopic (exact) mass is 322 g/mol. The summed E-state index contributed by atoms with van der Waals surface area (Å²) in [4.78, 5) is 15.2. The molecule has 5 heteroatoms. The molecule has 122 valence electrons. The third-order valence-electron chi connectivity index (χ3n) is 3.88. The molecule has 0 spiro atoms. The van der Waals surface area contributed by atoms with Gasteiger partial charge in [-0.15, -0.1) is 12.6 Å². The Morgan fingerprint density at radius 3 is 2.64 bits per heavy atom. The molecule has 0 bridgehead atoms. The summed E-state index contributed by atoms with van der Waals surface area (Å²) in [5.41, 5.74) is 7.17. The van der Waals surface area contributed by atoms with Crippen molar-refractivity contribution in [2.75, 3.05) is 12.3 Å². The van der Waals surface area contributed by atoms with Gasteiger partial charge in [0.05, 0.1) is 6.04 Å². The second-order valence-electron chi connectivity index (χ2n) is 7.15. The smallest absolute Gasteiger partial charge is 0.410 e. The number of nitrogen functional groups attached to an aromatic ring is 1. The summed E-state index contributed by atoms with van der Waals surface area (Å²) in [5, 5.41) is 0. The first-order valence-corrected chi connectivity index (χ1v) is 8.20. The second-order valence-corrected chi connectivity index (χ2v) is 7.63. The average molecular weight is 322 g/mol. The number of ether oxygens (including phenoxy) is 1. The van der Waals surface area contributed by atoms with Gasteiger partial charge in [-0.1, -0.05) is 13.0 Å². The third-order valence-corrected chi connectivity index (χ3v) is 4.29. The van der Waals surface area contributed by atoms with Crippen LogP contribution in [0, 0.1) is 5.92 Å². The zero-order chi connectivity index (χ0) is 16.5. The van der Waals surface area contributed by atoms with Crippen LogP contribution in [0.3, 0.4) is 0 Å². The lowest BCUT2D eigenvalue weighted by atomic mass is 9.90. The molecule has 0 radical (unpaired) electrons. The van der Waals surface area contributed by atoms with Crippen LogP contribution < -0.4 is 5.73 Å². The Labute approximate surface area is 138 Å². The molecule has 1 amide bonds. The van der Waals surface area contributed by atoms with Crippen LogP contribution in [0.25, 0.3) is 0 Å². The maximum atomic E-state index is 12.6. The Balaban J connectivity index is 2.26. The number of carbonyl (C=O) groups is 1. The van der Waals surface area contributed by atoms with Crippen molar-refractivity contribution in [2.24, 2.45) is 5.92 Å². The highest BCUT2D eigenvalue weighted by Crippen LogP contribution is 2.35. The van der Waals surface area contributed by atoms with Gasteiger partial charge >= 0.3 is 6.09 Å². The van der Waals surface area contributed by atoms with Gasteiger partial charge in [0.1, 0.15) is 5.60 Å². The number of thiol groups is 1. The average Bonchev–Trinajstić information content (AvgIpc) is 2.40. The molecule has 2 N–H and O–H groups in total. The summed E-state index contributed by atoms with van der Waals surface area (Å²) in [7, 11) is 0. The molecule has 1 saturated heterocycles. The standard InChI is InChI=1S/C17H26N2O2S/c1-11-5-7-14(12-6-8-15(22)13(18)9-12)19(10-11)16(20)21-17(2,3)4/h6,8-9,11,14,22H,5,7,10,18H2,1-4H3/t11-,14+/m0/s1. The van der Waals surface area contributed by atoms with Crippen molar-refractivity contribution < 1.29 is 9.53 Å². The molecule has 22 heavy (non-hydrogen) atoms. The number of nitrogens with zero attached hydrogens (tertiary/aromatic N) is 1. The van der Waals surface area contributed by atoms with Gasteiger partial charge in [-0.25, -0.2) is 4.79 Å². The fraction of sp³-hybridized carbons (Fsp3) is 0.588. The van der Waals surface area contributed by atoms with Gasteiger partial charge in [0.15, 0.2) is 0 Å². The molecule has 1 aromatic carbocycles. The molecule has 0 saturated carbocycles. The first-order chi connectivity index (χ1) is 10.2. The Morgan fingerprint density at radius 1 is 1.36 bits per heavy atom. The van der Waals surface area contributed by atoms with E-state index in [0.29, 0.717) is 18.2 Å². The maximum Gasteiger partial charge on any atom is 0.410 e. The van der Waals surface area contributed by atoms with Gasteiger partial charge in [0.25, 0.3) is 0 Å². The van der Waals surface area contributed by atoms with E-state index < -0.39 is 5.60 Å². The van der Waals surface area contributed by atoms with Crippen molar-refractivity contribution in [3.63, 3.8) is 0 Å². The fourth-order valence-electron chi connectivity index (χ4n) is 2.80. The van der Waals surface area contributed by atoms with E-state index in [-0.39, 0.29) is 12.1 Å². The molecule has 2 rings (SSSR count). The van der Waals surface area contributed by atoms with E-state index in [0.717, 1.165) is 23.3 Å². The molecule has 0 aliphatic carbocycles. The van der Waals surface area contributed by atoms with Crippen LogP contribution in [0.15, 0.2) is 23.1 Å².